The van der Waals surface area contributed by atoms with E-state index < -0.39 is 17.5 Å². The first-order chi connectivity index (χ1) is 7.43. The molecule has 0 spiro atoms. The maximum atomic E-state index is 11.5. The lowest BCUT2D eigenvalue weighted by Crippen LogP contribution is -2.16. The molecule has 1 rings (SSSR count). The minimum absolute atomic E-state index is 0.00387. The summed E-state index contributed by atoms with van der Waals surface area (Å²) in [6.07, 6.45) is 0. The van der Waals surface area contributed by atoms with Crippen molar-refractivity contribution >= 4 is 29.2 Å². The summed E-state index contributed by atoms with van der Waals surface area (Å²) in [7, 11) is 0. The average molecular weight is 244 g/mol. The van der Waals surface area contributed by atoms with Crippen LogP contribution in [0.1, 0.15) is 27.6 Å². The van der Waals surface area contributed by atoms with E-state index in [-0.39, 0.29) is 16.8 Å². The quantitative estimate of drug-likeness (QED) is 0.479. The van der Waals surface area contributed by atoms with Crippen LogP contribution in [0.2, 0.25) is 0 Å². The number of rotatable bonds is 3. The number of nitrogen functional groups attached to an aromatic ring is 1. The molecule has 6 heteroatoms. The van der Waals surface area contributed by atoms with Gasteiger partial charge in [0.25, 0.3) is 0 Å². The van der Waals surface area contributed by atoms with Crippen LogP contribution in [0.4, 0.5) is 5.69 Å². The molecule has 0 amide bonds. The van der Waals surface area contributed by atoms with Gasteiger partial charge in [0.05, 0.1) is 11.1 Å². The largest absolute Gasteiger partial charge is 0.478 e. The molecule has 0 aliphatic rings. The number of halogens is 1. The number of hydrogen-bond acceptors (Lipinski definition) is 4. The molecular formula is C10H10ClNO4. The summed E-state index contributed by atoms with van der Waals surface area (Å²) in [6.45, 7) is 1.45. The van der Waals surface area contributed by atoms with Crippen molar-refractivity contribution in [3.63, 3.8) is 0 Å². The Balaban J connectivity index is 3.18. The van der Waals surface area contributed by atoms with Crippen molar-refractivity contribution in [1.29, 1.82) is 0 Å². The molecule has 1 atom stereocenters. The normalized spacial score (nSPS) is 11.9. The number of hydrogen-bond donors (Lipinski definition) is 2. The van der Waals surface area contributed by atoms with Crippen LogP contribution >= 0.6 is 11.6 Å². The minimum Gasteiger partial charge on any atom is -0.478 e. The summed E-state index contributed by atoms with van der Waals surface area (Å²) in [6, 6.07) is 4.18. The third-order valence-corrected chi connectivity index (χ3v) is 1.89. The molecule has 0 fully saturated rings. The number of alkyl halides is 1. The number of anilines is 1. The number of aromatic carboxylic acids is 1. The Bertz CT molecular complexity index is 431. The fourth-order valence-electron chi connectivity index (χ4n) is 1.19. The second kappa shape index (κ2) is 4.85. The highest BCUT2D eigenvalue weighted by Gasteiger charge is 2.21. The van der Waals surface area contributed by atoms with Gasteiger partial charge in [-0.15, -0.1) is 0 Å². The molecule has 5 nitrogen and oxygen atoms in total. The van der Waals surface area contributed by atoms with Gasteiger partial charge in [-0.1, -0.05) is 17.7 Å². The fourth-order valence-corrected chi connectivity index (χ4v) is 1.27. The van der Waals surface area contributed by atoms with Crippen LogP contribution in [0.25, 0.3) is 0 Å². The van der Waals surface area contributed by atoms with E-state index in [0.29, 0.717) is 0 Å². The van der Waals surface area contributed by atoms with E-state index in [1.165, 1.54) is 25.1 Å². The van der Waals surface area contributed by atoms with Gasteiger partial charge in [0.1, 0.15) is 0 Å². The number of ether oxygens (including phenoxy) is 1. The van der Waals surface area contributed by atoms with Crippen LogP contribution in [-0.2, 0) is 4.74 Å². The van der Waals surface area contributed by atoms with Crippen LogP contribution in [0.5, 0.6) is 0 Å². The van der Waals surface area contributed by atoms with Gasteiger partial charge >= 0.3 is 11.9 Å². The Morgan fingerprint density at radius 2 is 2.12 bits per heavy atom. The molecule has 86 valence electrons. The van der Waals surface area contributed by atoms with Gasteiger partial charge in [0.2, 0.25) is 0 Å². The topological polar surface area (TPSA) is 89.6 Å². The molecule has 1 aromatic carbocycles. The summed E-state index contributed by atoms with van der Waals surface area (Å²) in [4.78, 5) is 22.4. The van der Waals surface area contributed by atoms with Crippen LogP contribution < -0.4 is 5.73 Å². The van der Waals surface area contributed by atoms with E-state index in [1.54, 1.807) is 0 Å². The van der Waals surface area contributed by atoms with Crippen LogP contribution in [0.3, 0.4) is 0 Å². The van der Waals surface area contributed by atoms with E-state index in [0.717, 1.165) is 0 Å². The minimum atomic E-state index is -1.28. The molecule has 0 aromatic heterocycles. The average Bonchev–Trinajstić information content (AvgIpc) is 2.15. The third kappa shape index (κ3) is 2.64. The van der Waals surface area contributed by atoms with Gasteiger partial charge in [-0.05, 0) is 19.1 Å². The van der Waals surface area contributed by atoms with Crippen molar-refractivity contribution in [3.8, 4) is 0 Å². The molecule has 16 heavy (non-hydrogen) atoms. The van der Waals surface area contributed by atoms with Crippen LogP contribution in [-0.4, -0.2) is 22.6 Å². The zero-order chi connectivity index (χ0) is 12.3. The Hall–Kier alpha value is -1.75. The maximum absolute atomic E-state index is 11.5. The van der Waals surface area contributed by atoms with Crippen molar-refractivity contribution < 1.29 is 19.4 Å². The van der Waals surface area contributed by atoms with Gasteiger partial charge in [0, 0.05) is 5.69 Å². The van der Waals surface area contributed by atoms with Gasteiger partial charge in [-0.3, -0.25) is 0 Å². The lowest BCUT2D eigenvalue weighted by Gasteiger charge is -2.09. The molecule has 0 radical (unpaired) electrons. The van der Waals surface area contributed by atoms with Crippen LogP contribution in [0.15, 0.2) is 18.2 Å². The Labute approximate surface area is 96.8 Å². The zero-order valence-corrected chi connectivity index (χ0v) is 9.19. The zero-order valence-electron chi connectivity index (χ0n) is 8.44. The van der Waals surface area contributed by atoms with Gasteiger partial charge in [-0.2, -0.15) is 0 Å². The predicted octanol–water partition coefficient (Wildman–Crippen LogP) is 1.71. The molecule has 0 bridgehead atoms. The highest BCUT2D eigenvalue weighted by molar-refractivity contribution is 6.20. The van der Waals surface area contributed by atoms with E-state index in [9.17, 15) is 9.59 Å². The number of esters is 1. The highest BCUT2D eigenvalue weighted by Crippen LogP contribution is 2.18. The Morgan fingerprint density at radius 1 is 1.50 bits per heavy atom. The van der Waals surface area contributed by atoms with Gasteiger partial charge in [-0.25, -0.2) is 9.59 Å². The molecule has 0 saturated carbocycles. The molecule has 0 aliphatic heterocycles. The summed E-state index contributed by atoms with van der Waals surface area (Å²) >= 11 is 5.47. The first-order valence-corrected chi connectivity index (χ1v) is 4.84. The second-order valence-electron chi connectivity index (χ2n) is 3.02. The highest BCUT2D eigenvalue weighted by atomic mass is 35.5. The number of benzene rings is 1. The molecule has 0 aliphatic carbocycles. The van der Waals surface area contributed by atoms with Crippen molar-refractivity contribution in [2.45, 2.75) is 12.5 Å². The van der Waals surface area contributed by atoms with E-state index in [1.807, 2.05) is 0 Å². The number of carboxylic acids is 1. The lowest BCUT2D eigenvalue weighted by molar-refractivity contribution is 0.0463. The number of carbonyl (C=O) groups excluding carboxylic acids is 1. The predicted molar refractivity (Wildman–Crippen MR) is 58.5 cm³/mol. The summed E-state index contributed by atoms with van der Waals surface area (Å²) in [5.41, 5.74) is 4.25. The number of nitrogens with two attached hydrogens (primary N) is 1. The fraction of sp³-hybridized carbons (Fsp3) is 0.200. The van der Waals surface area contributed by atoms with E-state index in [2.05, 4.69) is 4.74 Å². The van der Waals surface area contributed by atoms with Crippen molar-refractivity contribution in [1.82, 2.24) is 0 Å². The van der Waals surface area contributed by atoms with Gasteiger partial charge < -0.3 is 15.6 Å². The van der Waals surface area contributed by atoms with Crippen molar-refractivity contribution in [2.75, 3.05) is 5.73 Å². The standard InChI is InChI=1S/C10H10ClNO4/c1-5(11)16-10(15)6-3-2-4-7(12)8(6)9(13)14/h2-5H,12H2,1H3,(H,13,14). The maximum Gasteiger partial charge on any atom is 0.340 e. The summed E-state index contributed by atoms with van der Waals surface area (Å²) in [5, 5.41) is 8.91. The Morgan fingerprint density at radius 3 is 2.62 bits per heavy atom. The van der Waals surface area contributed by atoms with Crippen LogP contribution in [0, 0.1) is 0 Å². The molecule has 0 saturated heterocycles. The molecule has 0 heterocycles. The first-order valence-electron chi connectivity index (χ1n) is 4.40. The first kappa shape index (κ1) is 12.3. The molecule has 1 unspecified atom stereocenters. The lowest BCUT2D eigenvalue weighted by atomic mass is 10.1. The molecule has 1 aromatic rings. The SMILES string of the molecule is CC(Cl)OC(=O)c1cccc(N)c1C(=O)O. The number of carbonyl (C=O) groups is 2. The third-order valence-electron chi connectivity index (χ3n) is 1.80. The van der Waals surface area contributed by atoms with Crippen molar-refractivity contribution in [2.24, 2.45) is 0 Å². The summed E-state index contributed by atoms with van der Waals surface area (Å²) < 4.78 is 4.69. The number of carboxylic acid groups (broad SMARTS) is 1. The molecule has 3 N–H and O–H groups in total. The monoisotopic (exact) mass is 243 g/mol. The van der Waals surface area contributed by atoms with Crippen molar-refractivity contribution in [3.05, 3.63) is 29.3 Å². The second-order valence-corrected chi connectivity index (χ2v) is 3.64. The van der Waals surface area contributed by atoms with Gasteiger partial charge in [0.15, 0.2) is 5.56 Å². The van der Waals surface area contributed by atoms with E-state index >= 15 is 0 Å². The molecular weight excluding hydrogens is 234 g/mol. The smallest absolute Gasteiger partial charge is 0.340 e. The summed E-state index contributed by atoms with van der Waals surface area (Å²) in [5.74, 6) is -2.10. The Kier molecular flexibility index (Phi) is 3.73. The van der Waals surface area contributed by atoms with E-state index in [4.69, 9.17) is 22.4 Å².